The monoisotopic (exact) mass is 218 g/mol. The first-order valence-electron chi connectivity index (χ1n) is 5.26. The number of fused-ring (bicyclic) bond motifs is 1. The fraction of sp³-hybridized carbons (Fsp3) is 0.250. The maximum atomic E-state index is 11.7. The van der Waals surface area contributed by atoms with Crippen molar-refractivity contribution in [2.75, 3.05) is 6.54 Å². The van der Waals surface area contributed by atoms with Gasteiger partial charge in [0.05, 0.1) is 11.2 Å². The summed E-state index contributed by atoms with van der Waals surface area (Å²) in [6, 6.07) is 6.95. The molecule has 0 aliphatic heterocycles. The fourth-order valence-corrected chi connectivity index (χ4v) is 1.69. The van der Waals surface area contributed by atoms with E-state index in [4.69, 9.17) is 5.73 Å². The molecule has 0 saturated heterocycles. The molecule has 0 fully saturated rings. The Hall–Kier alpha value is -1.81. The van der Waals surface area contributed by atoms with Crippen molar-refractivity contribution in [1.82, 2.24) is 4.98 Å². The zero-order chi connectivity index (χ0) is 11.5. The zero-order valence-corrected chi connectivity index (χ0v) is 8.86. The minimum Gasteiger partial charge on any atom is -0.506 e. The van der Waals surface area contributed by atoms with Crippen LogP contribution in [0.2, 0.25) is 0 Å². The number of Topliss-reactive ketones (excluding diaryl/α,β-unsaturated/α-hetero) is 1. The van der Waals surface area contributed by atoms with E-state index in [1.165, 1.54) is 0 Å². The van der Waals surface area contributed by atoms with Crippen LogP contribution < -0.4 is 5.73 Å². The standard InChI is InChI=1S/C12H14N2O2/c13-6-2-5-10(15)9-7-8-3-1-4-11(16)12(8)14-9/h1,3-4,7,14,16H,2,5-6,13H2. The number of aromatic nitrogens is 1. The van der Waals surface area contributed by atoms with Gasteiger partial charge >= 0.3 is 0 Å². The van der Waals surface area contributed by atoms with Crippen LogP contribution in [0.4, 0.5) is 0 Å². The van der Waals surface area contributed by atoms with Gasteiger partial charge in [0, 0.05) is 11.8 Å². The predicted molar refractivity (Wildman–Crippen MR) is 62.6 cm³/mol. The van der Waals surface area contributed by atoms with Gasteiger partial charge in [-0.3, -0.25) is 4.79 Å². The number of phenols is 1. The van der Waals surface area contributed by atoms with Crippen molar-refractivity contribution in [3.63, 3.8) is 0 Å². The lowest BCUT2D eigenvalue weighted by molar-refractivity contribution is 0.0977. The molecule has 0 aliphatic rings. The highest BCUT2D eigenvalue weighted by Crippen LogP contribution is 2.24. The quantitative estimate of drug-likeness (QED) is 0.684. The number of hydrogen-bond donors (Lipinski definition) is 3. The average Bonchev–Trinajstić information content (AvgIpc) is 2.71. The second-order valence-corrected chi connectivity index (χ2v) is 3.74. The van der Waals surface area contributed by atoms with Crippen LogP contribution in [0.25, 0.3) is 10.9 Å². The number of ketones is 1. The van der Waals surface area contributed by atoms with E-state index in [1.807, 2.05) is 6.07 Å². The van der Waals surface area contributed by atoms with Gasteiger partial charge in [-0.25, -0.2) is 0 Å². The SMILES string of the molecule is NCCCC(=O)c1cc2cccc(O)c2[nH]1. The molecule has 0 saturated carbocycles. The molecule has 2 rings (SSSR count). The molecule has 2 aromatic rings. The molecule has 0 amide bonds. The second-order valence-electron chi connectivity index (χ2n) is 3.74. The Balaban J connectivity index is 2.32. The van der Waals surface area contributed by atoms with E-state index in [1.54, 1.807) is 18.2 Å². The Morgan fingerprint density at radius 1 is 1.44 bits per heavy atom. The van der Waals surface area contributed by atoms with Crippen LogP contribution >= 0.6 is 0 Å². The molecule has 0 aliphatic carbocycles. The van der Waals surface area contributed by atoms with Crippen molar-refractivity contribution in [3.8, 4) is 5.75 Å². The summed E-state index contributed by atoms with van der Waals surface area (Å²) in [6.45, 7) is 0.511. The normalized spacial score (nSPS) is 10.8. The molecular formula is C12H14N2O2. The van der Waals surface area contributed by atoms with Crippen LogP contribution in [0.3, 0.4) is 0 Å². The highest BCUT2D eigenvalue weighted by Gasteiger charge is 2.10. The summed E-state index contributed by atoms with van der Waals surface area (Å²) >= 11 is 0. The van der Waals surface area contributed by atoms with Crippen LogP contribution in [-0.2, 0) is 0 Å². The number of aromatic hydroxyl groups is 1. The number of benzene rings is 1. The number of para-hydroxylation sites is 1. The van der Waals surface area contributed by atoms with Crippen LogP contribution in [-0.4, -0.2) is 22.4 Å². The first kappa shape index (κ1) is 10.7. The van der Waals surface area contributed by atoms with E-state index >= 15 is 0 Å². The van der Waals surface area contributed by atoms with Gasteiger partial charge in [-0.15, -0.1) is 0 Å². The zero-order valence-electron chi connectivity index (χ0n) is 8.86. The second kappa shape index (κ2) is 4.37. The summed E-state index contributed by atoms with van der Waals surface area (Å²) in [5, 5.41) is 10.4. The third-order valence-electron chi connectivity index (χ3n) is 2.54. The van der Waals surface area contributed by atoms with Gasteiger partial charge < -0.3 is 15.8 Å². The maximum Gasteiger partial charge on any atom is 0.179 e. The molecule has 4 heteroatoms. The minimum atomic E-state index is 0.0288. The first-order valence-corrected chi connectivity index (χ1v) is 5.26. The molecule has 0 spiro atoms. The molecule has 0 radical (unpaired) electrons. The van der Waals surface area contributed by atoms with Gasteiger partial charge in [-0.1, -0.05) is 12.1 Å². The lowest BCUT2D eigenvalue weighted by Gasteiger charge is -1.95. The van der Waals surface area contributed by atoms with Crippen molar-refractivity contribution >= 4 is 16.7 Å². The number of H-pyrrole nitrogens is 1. The van der Waals surface area contributed by atoms with Crippen LogP contribution in [0.1, 0.15) is 23.3 Å². The molecule has 0 atom stereocenters. The van der Waals surface area contributed by atoms with E-state index in [0.29, 0.717) is 30.6 Å². The summed E-state index contributed by atoms with van der Waals surface area (Å²) < 4.78 is 0. The Morgan fingerprint density at radius 3 is 2.94 bits per heavy atom. The summed E-state index contributed by atoms with van der Waals surface area (Å²) in [5.41, 5.74) is 6.49. The fourth-order valence-electron chi connectivity index (χ4n) is 1.69. The van der Waals surface area contributed by atoms with Crippen molar-refractivity contribution in [2.45, 2.75) is 12.8 Å². The van der Waals surface area contributed by atoms with Gasteiger partial charge in [0.15, 0.2) is 5.78 Å². The van der Waals surface area contributed by atoms with E-state index in [9.17, 15) is 9.90 Å². The van der Waals surface area contributed by atoms with Crippen LogP contribution in [0, 0.1) is 0 Å². The molecule has 0 unspecified atom stereocenters. The van der Waals surface area contributed by atoms with Gasteiger partial charge in [0.1, 0.15) is 5.75 Å². The predicted octanol–water partition coefficient (Wildman–Crippen LogP) is 1.80. The third kappa shape index (κ3) is 1.92. The summed E-state index contributed by atoms with van der Waals surface area (Å²) in [5.74, 6) is 0.191. The number of phenolic OH excluding ortho intramolecular Hbond substituents is 1. The number of hydrogen-bond acceptors (Lipinski definition) is 3. The summed E-state index contributed by atoms with van der Waals surface area (Å²) in [4.78, 5) is 14.6. The molecule has 1 aromatic carbocycles. The van der Waals surface area contributed by atoms with Gasteiger partial charge in [0.2, 0.25) is 0 Å². The molecule has 1 heterocycles. The van der Waals surface area contributed by atoms with Crippen LogP contribution in [0.15, 0.2) is 24.3 Å². The smallest absolute Gasteiger partial charge is 0.179 e. The first-order chi connectivity index (χ1) is 7.72. The third-order valence-corrected chi connectivity index (χ3v) is 2.54. The Kier molecular flexibility index (Phi) is 2.92. The highest BCUT2D eigenvalue weighted by molar-refractivity contribution is 6.00. The van der Waals surface area contributed by atoms with E-state index in [-0.39, 0.29) is 11.5 Å². The van der Waals surface area contributed by atoms with Crippen molar-refractivity contribution in [1.29, 1.82) is 0 Å². The van der Waals surface area contributed by atoms with E-state index < -0.39 is 0 Å². The Labute approximate surface area is 93.1 Å². The van der Waals surface area contributed by atoms with E-state index in [0.717, 1.165) is 5.39 Å². The number of carbonyl (C=O) groups is 1. The molecule has 1 aromatic heterocycles. The van der Waals surface area contributed by atoms with Crippen molar-refractivity contribution in [3.05, 3.63) is 30.0 Å². The summed E-state index contributed by atoms with van der Waals surface area (Å²) in [7, 11) is 0. The van der Waals surface area contributed by atoms with E-state index in [2.05, 4.69) is 4.98 Å². The molecular weight excluding hydrogens is 204 g/mol. The number of nitrogens with two attached hydrogens (primary N) is 1. The Morgan fingerprint density at radius 2 is 2.25 bits per heavy atom. The molecule has 84 valence electrons. The topological polar surface area (TPSA) is 79.1 Å². The molecule has 16 heavy (non-hydrogen) atoms. The number of carbonyl (C=O) groups excluding carboxylic acids is 1. The lowest BCUT2D eigenvalue weighted by Crippen LogP contribution is -2.04. The largest absolute Gasteiger partial charge is 0.506 e. The number of aromatic amines is 1. The summed E-state index contributed by atoms with van der Waals surface area (Å²) in [6.07, 6.45) is 1.12. The molecule has 0 bridgehead atoms. The highest BCUT2D eigenvalue weighted by atomic mass is 16.3. The van der Waals surface area contributed by atoms with Gasteiger partial charge in [-0.05, 0) is 25.1 Å². The molecule has 4 nitrogen and oxygen atoms in total. The number of rotatable bonds is 4. The van der Waals surface area contributed by atoms with Crippen LogP contribution in [0.5, 0.6) is 5.75 Å². The van der Waals surface area contributed by atoms with Gasteiger partial charge in [-0.2, -0.15) is 0 Å². The maximum absolute atomic E-state index is 11.7. The average molecular weight is 218 g/mol. The molecule has 4 N–H and O–H groups in total. The van der Waals surface area contributed by atoms with Crippen molar-refractivity contribution < 1.29 is 9.90 Å². The minimum absolute atomic E-state index is 0.0288. The Bertz CT molecular complexity index is 517. The number of nitrogens with one attached hydrogen (secondary N) is 1. The lowest BCUT2D eigenvalue weighted by atomic mass is 10.1. The van der Waals surface area contributed by atoms with Gasteiger partial charge in [0.25, 0.3) is 0 Å². The van der Waals surface area contributed by atoms with Crippen molar-refractivity contribution in [2.24, 2.45) is 5.73 Å².